The van der Waals surface area contributed by atoms with Gasteiger partial charge in [0.1, 0.15) is 5.60 Å². The second-order valence-electron chi connectivity index (χ2n) is 6.60. The van der Waals surface area contributed by atoms with Crippen LogP contribution in [0.1, 0.15) is 53.0 Å². The smallest absolute Gasteiger partial charge is 0.426 e. The molecule has 3 amide bonds. The van der Waals surface area contributed by atoms with Crippen molar-refractivity contribution in [3.63, 3.8) is 0 Å². The largest absolute Gasteiger partial charge is 0.443 e. The van der Waals surface area contributed by atoms with Gasteiger partial charge in [0.05, 0.1) is 6.04 Å². The molecule has 0 aliphatic carbocycles. The van der Waals surface area contributed by atoms with Gasteiger partial charge in [0.2, 0.25) is 0 Å². The van der Waals surface area contributed by atoms with Gasteiger partial charge < -0.3 is 10.1 Å². The van der Waals surface area contributed by atoms with Crippen LogP contribution in [-0.4, -0.2) is 28.8 Å². The van der Waals surface area contributed by atoms with Crippen molar-refractivity contribution in [2.75, 3.05) is 0 Å². The molecular weight excluding hydrogens is 306 g/mol. The Labute approximate surface area is 144 Å². The van der Waals surface area contributed by atoms with Gasteiger partial charge in [-0.3, -0.25) is 0 Å². The van der Waals surface area contributed by atoms with Gasteiger partial charge in [-0.25, -0.2) is 20.0 Å². The number of urea groups is 1. The summed E-state index contributed by atoms with van der Waals surface area (Å²) < 4.78 is 5.25. The lowest BCUT2D eigenvalue weighted by atomic mass is 10.1. The molecule has 0 aliphatic rings. The highest BCUT2D eigenvalue weighted by Gasteiger charge is 2.25. The number of hydrogen-bond acceptors (Lipinski definition) is 3. The molecular formula is C18H29N3O3. The number of ether oxygens (including phenoxy) is 1. The molecule has 0 radical (unpaired) electrons. The van der Waals surface area contributed by atoms with Crippen LogP contribution in [0.4, 0.5) is 9.59 Å². The molecule has 0 atom stereocenters. The fraction of sp³-hybridized carbons (Fsp3) is 0.556. The van der Waals surface area contributed by atoms with Crippen LogP contribution >= 0.6 is 0 Å². The monoisotopic (exact) mass is 335 g/mol. The molecule has 0 spiro atoms. The van der Waals surface area contributed by atoms with Crippen molar-refractivity contribution in [3.05, 3.63) is 35.9 Å². The molecule has 0 aliphatic heterocycles. The van der Waals surface area contributed by atoms with Gasteiger partial charge in [-0.1, -0.05) is 44.2 Å². The summed E-state index contributed by atoms with van der Waals surface area (Å²) in [5.41, 5.74) is 2.94. The highest BCUT2D eigenvalue weighted by atomic mass is 16.6. The van der Waals surface area contributed by atoms with Gasteiger partial charge in [0.15, 0.2) is 0 Å². The van der Waals surface area contributed by atoms with E-state index in [1.807, 2.05) is 44.2 Å². The van der Waals surface area contributed by atoms with E-state index in [4.69, 9.17) is 4.74 Å². The summed E-state index contributed by atoms with van der Waals surface area (Å²) in [5.74, 6) is 0. The maximum absolute atomic E-state index is 12.5. The van der Waals surface area contributed by atoms with Crippen molar-refractivity contribution >= 4 is 12.1 Å². The number of hydrogen-bond donors (Lipinski definition) is 2. The minimum absolute atomic E-state index is 0.103. The molecule has 0 aromatic heterocycles. The predicted molar refractivity (Wildman–Crippen MR) is 94.3 cm³/mol. The molecule has 0 bridgehead atoms. The van der Waals surface area contributed by atoms with Crippen molar-refractivity contribution in [1.29, 1.82) is 0 Å². The summed E-state index contributed by atoms with van der Waals surface area (Å²) in [4.78, 5) is 24.6. The minimum atomic E-state index is -0.635. The highest BCUT2D eigenvalue weighted by molar-refractivity contribution is 5.78. The number of amides is 3. The lowest BCUT2D eigenvalue weighted by molar-refractivity contribution is 0.0314. The second kappa shape index (κ2) is 9.15. The lowest BCUT2D eigenvalue weighted by Crippen LogP contribution is -2.56. The molecule has 1 aromatic carbocycles. The van der Waals surface area contributed by atoms with Crippen molar-refractivity contribution in [2.24, 2.45) is 0 Å². The third-order valence-electron chi connectivity index (χ3n) is 3.42. The Morgan fingerprint density at radius 3 is 2.21 bits per heavy atom. The topological polar surface area (TPSA) is 70.7 Å². The summed E-state index contributed by atoms with van der Waals surface area (Å²) in [6.07, 6.45) is 0.820. The Hall–Kier alpha value is -2.24. The van der Waals surface area contributed by atoms with Crippen LogP contribution in [0.25, 0.3) is 0 Å². The average molecular weight is 335 g/mol. The maximum Gasteiger partial charge on any atom is 0.426 e. The minimum Gasteiger partial charge on any atom is -0.443 e. The molecule has 0 heterocycles. The molecule has 0 saturated carbocycles. The summed E-state index contributed by atoms with van der Waals surface area (Å²) in [6.45, 7) is 9.69. The summed E-state index contributed by atoms with van der Waals surface area (Å²) in [5, 5.41) is 4.16. The Morgan fingerprint density at radius 2 is 1.71 bits per heavy atom. The fourth-order valence-electron chi connectivity index (χ4n) is 2.22. The molecule has 134 valence electrons. The van der Waals surface area contributed by atoms with E-state index in [2.05, 4.69) is 10.7 Å². The number of benzene rings is 1. The van der Waals surface area contributed by atoms with Crippen molar-refractivity contribution in [1.82, 2.24) is 15.8 Å². The van der Waals surface area contributed by atoms with E-state index in [1.54, 1.807) is 20.8 Å². The third-order valence-corrected chi connectivity index (χ3v) is 3.42. The fourth-order valence-corrected chi connectivity index (χ4v) is 2.22. The van der Waals surface area contributed by atoms with Crippen LogP contribution in [0.2, 0.25) is 0 Å². The average Bonchev–Trinajstić information content (AvgIpc) is 2.52. The first-order valence-corrected chi connectivity index (χ1v) is 8.37. The van der Waals surface area contributed by atoms with Crippen LogP contribution in [0.3, 0.4) is 0 Å². The maximum atomic E-state index is 12.5. The van der Waals surface area contributed by atoms with Crippen LogP contribution in [0.15, 0.2) is 30.3 Å². The van der Waals surface area contributed by atoms with E-state index in [1.165, 1.54) is 5.01 Å². The zero-order valence-electron chi connectivity index (χ0n) is 15.3. The van der Waals surface area contributed by atoms with E-state index < -0.39 is 11.7 Å². The lowest BCUT2D eigenvalue weighted by Gasteiger charge is -2.31. The van der Waals surface area contributed by atoms with Gasteiger partial charge in [-0.05, 0) is 39.2 Å². The molecule has 0 fully saturated rings. The molecule has 2 N–H and O–H groups in total. The highest BCUT2D eigenvalue weighted by Crippen LogP contribution is 2.10. The SMILES string of the molecule is CCC(CC)N(NC(=O)OC(C)(C)C)C(=O)NCc1ccccc1. The van der Waals surface area contributed by atoms with Crippen LogP contribution in [0.5, 0.6) is 0 Å². The molecule has 6 heteroatoms. The Morgan fingerprint density at radius 1 is 1.12 bits per heavy atom. The Kier molecular flexibility index (Phi) is 7.55. The molecule has 1 rings (SSSR count). The number of nitrogens with one attached hydrogen (secondary N) is 2. The second-order valence-corrected chi connectivity index (χ2v) is 6.60. The summed E-state index contributed by atoms with van der Waals surface area (Å²) in [6, 6.07) is 9.17. The normalized spacial score (nSPS) is 11.1. The number of rotatable bonds is 5. The zero-order chi connectivity index (χ0) is 18.2. The molecule has 6 nitrogen and oxygen atoms in total. The van der Waals surface area contributed by atoms with Crippen LogP contribution in [-0.2, 0) is 11.3 Å². The summed E-state index contributed by atoms with van der Waals surface area (Å²) in [7, 11) is 0. The Bertz CT molecular complexity index is 522. The number of hydrazine groups is 1. The van der Waals surface area contributed by atoms with E-state index in [0.29, 0.717) is 6.54 Å². The van der Waals surface area contributed by atoms with Gasteiger partial charge in [0.25, 0.3) is 0 Å². The van der Waals surface area contributed by atoms with Crippen molar-refractivity contribution in [2.45, 2.75) is 65.6 Å². The first-order valence-electron chi connectivity index (χ1n) is 8.37. The molecule has 0 unspecified atom stereocenters. The van der Waals surface area contributed by atoms with E-state index in [9.17, 15) is 9.59 Å². The molecule has 0 saturated heterocycles. The summed E-state index contributed by atoms with van der Waals surface area (Å²) >= 11 is 0. The van der Waals surface area contributed by atoms with E-state index in [-0.39, 0.29) is 12.1 Å². The standard InChI is InChI=1S/C18H29N3O3/c1-6-15(7-2)21(20-17(23)24-18(3,4)5)16(22)19-13-14-11-9-8-10-12-14/h8-12,15H,6-7,13H2,1-5H3,(H,19,22)(H,20,23). The van der Waals surface area contributed by atoms with Gasteiger partial charge in [-0.2, -0.15) is 0 Å². The number of carbonyl (C=O) groups is 2. The zero-order valence-corrected chi connectivity index (χ0v) is 15.3. The van der Waals surface area contributed by atoms with Crippen LogP contribution in [0, 0.1) is 0 Å². The van der Waals surface area contributed by atoms with Gasteiger partial charge >= 0.3 is 12.1 Å². The first-order chi connectivity index (χ1) is 11.3. The molecule has 1 aromatic rings. The van der Waals surface area contributed by atoms with Gasteiger partial charge in [0, 0.05) is 6.54 Å². The first kappa shape index (κ1) is 19.8. The van der Waals surface area contributed by atoms with Gasteiger partial charge in [-0.15, -0.1) is 0 Å². The van der Waals surface area contributed by atoms with E-state index >= 15 is 0 Å². The quantitative estimate of drug-likeness (QED) is 0.804. The predicted octanol–water partition coefficient (Wildman–Crippen LogP) is 3.83. The van der Waals surface area contributed by atoms with Crippen LogP contribution < -0.4 is 10.7 Å². The number of carbonyl (C=O) groups excluding carboxylic acids is 2. The Balaban J connectivity index is 2.73. The van der Waals surface area contributed by atoms with E-state index in [0.717, 1.165) is 18.4 Å². The molecule has 24 heavy (non-hydrogen) atoms. The van der Waals surface area contributed by atoms with Crippen molar-refractivity contribution < 1.29 is 14.3 Å². The third kappa shape index (κ3) is 6.89. The number of nitrogens with zero attached hydrogens (tertiary/aromatic N) is 1. The van der Waals surface area contributed by atoms with Crippen molar-refractivity contribution in [3.8, 4) is 0 Å².